The van der Waals surface area contributed by atoms with E-state index >= 15 is 0 Å². The van der Waals surface area contributed by atoms with Crippen LogP contribution in [0.2, 0.25) is 0 Å². The topological polar surface area (TPSA) is 50.5 Å². The van der Waals surface area contributed by atoms with E-state index < -0.39 is 6.43 Å². The van der Waals surface area contributed by atoms with Gasteiger partial charge in [-0.05, 0) is 18.6 Å². The number of halogens is 2. The molecule has 3 rings (SSSR count). The first-order valence-electron chi connectivity index (χ1n) is 9.47. The second-order valence-corrected chi connectivity index (χ2v) is 6.90. The summed E-state index contributed by atoms with van der Waals surface area (Å²) in [6.45, 7) is 4.59. The van der Waals surface area contributed by atoms with E-state index in [1.54, 1.807) is 18.9 Å². The van der Waals surface area contributed by atoms with Gasteiger partial charge in [0.1, 0.15) is 0 Å². The fraction of sp³-hybridized carbons (Fsp3) is 0.579. The lowest BCUT2D eigenvalue weighted by atomic mass is 10.2. The zero-order valence-corrected chi connectivity index (χ0v) is 15.6. The zero-order valence-electron chi connectivity index (χ0n) is 15.6. The molecule has 0 spiro atoms. The molecule has 0 bridgehead atoms. The largest absolute Gasteiger partial charge is 0.340 e. The molecule has 1 fully saturated rings. The SMILES string of the molecule is CCCn1c(=O)n(CCC(=O)N2CCN(CC(F)F)CC2)c2ccccc21. The normalized spacial score (nSPS) is 15.8. The van der Waals surface area contributed by atoms with Gasteiger partial charge < -0.3 is 4.90 Å². The molecule has 1 saturated heterocycles. The molecule has 148 valence electrons. The number of piperazine rings is 1. The first-order chi connectivity index (χ1) is 13.0. The van der Waals surface area contributed by atoms with Crippen LogP contribution in [0, 0.1) is 0 Å². The van der Waals surface area contributed by atoms with Gasteiger partial charge in [-0.3, -0.25) is 18.8 Å². The summed E-state index contributed by atoms with van der Waals surface area (Å²) in [5.74, 6) is -0.0362. The van der Waals surface area contributed by atoms with E-state index in [1.807, 2.05) is 31.2 Å². The lowest BCUT2D eigenvalue weighted by Gasteiger charge is -2.34. The van der Waals surface area contributed by atoms with Crippen LogP contribution < -0.4 is 5.69 Å². The Bertz CT molecular complexity index is 838. The number of para-hydroxylation sites is 2. The van der Waals surface area contributed by atoms with Crippen molar-refractivity contribution in [1.29, 1.82) is 0 Å². The van der Waals surface area contributed by atoms with Crippen LogP contribution in [0.3, 0.4) is 0 Å². The van der Waals surface area contributed by atoms with Crippen LogP contribution in [-0.2, 0) is 17.9 Å². The molecule has 0 unspecified atom stereocenters. The minimum atomic E-state index is -2.35. The highest BCUT2D eigenvalue weighted by molar-refractivity contribution is 5.78. The molecule has 1 aliphatic heterocycles. The van der Waals surface area contributed by atoms with Gasteiger partial charge in [0.25, 0.3) is 6.43 Å². The van der Waals surface area contributed by atoms with Crippen molar-refractivity contribution in [3.05, 3.63) is 34.7 Å². The Morgan fingerprint density at radius 1 is 1.04 bits per heavy atom. The van der Waals surface area contributed by atoms with Crippen LogP contribution in [-0.4, -0.2) is 64.0 Å². The van der Waals surface area contributed by atoms with Crippen molar-refractivity contribution in [2.75, 3.05) is 32.7 Å². The lowest BCUT2D eigenvalue weighted by Crippen LogP contribution is -2.49. The molecule has 2 aromatic rings. The van der Waals surface area contributed by atoms with Gasteiger partial charge in [-0.25, -0.2) is 13.6 Å². The van der Waals surface area contributed by atoms with E-state index in [1.165, 1.54) is 0 Å². The quantitative estimate of drug-likeness (QED) is 0.738. The third-order valence-electron chi connectivity index (χ3n) is 5.04. The molecular formula is C19H26F2N4O2. The Labute approximate surface area is 157 Å². The van der Waals surface area contributed by atoms with Crippen LogP contribution in [0.25, 0.3) is 11.0 Å². The van der Waals surface area contributed by atoms with Crippen molar-refractivity contribution < 1.29 is 13.6 Å². The van der Waals surface area contributed by atoms with E-state index in [9.17, 15) is 18.4 Å². The number of alkyl halides is 2. The first kappa shape index (κ1) is 19.5. The summed E-state index contributed by atoms with van der Waals surface area (Å²) >= 11 is 0. The number of carbonyl (C=O) groups is 1. The highest BCUT2D eigenvalue weighted by Crippen LogP contribution is 2.14. The second-order valence-electron chi connectivity index (χ2n) is 6.90. The summed E-state index contributed by atoms with van der Waals surface area (Å²) < 4.78 is 28.3. The number of imidazole rings is 1. The molecular weight excluding hydrogens is 354 g/mol. The average molecular weight is 380 g/mol. The Kier molecular flexibility index (Phi) is 6.26. The maximum atomic E-state index is 12.7. The predicted molar refractivity (Wildman–Crippen MR) is 100 cm³/mol. The number of hydrogen-bond acceptors (Lipinski definition) is 3. The summed E-state index contributed by atoms with van der Waals surface area (Å²) in [5.41, 5.74) is 1.63. The number of aryl methyl sites for hydroxylation is 2. The van der Waals surface area contributed by atoms with Crippen molar-refractivity contribution in [3.8, 4) is 0 Å². The minimum absolute atomic E-state index is 0.0362. The highest BCUT2D eigenvalue weighted by Gasteiger charge is 2.23. The summed E-state index contributed by atoms with van der Waals surface area (Å²) in [6, 6.07) is 7.62. The van der Waals surface area contributed by atoms with Gasteiger partial charge in [-0.2, -0.15) is 0 Å². The molecule has 2 heterocycles. The van der Waals surface area contributed by atoms with Gasteiger partial charge >= 0.3 is 5.69 Å². The maximum absolute atomic E-state index is 12.7. The van der Waals surface area contributed by atoms with Crippen LogP contribution in [0.4, 0.5) is 8.78 Å². The summed E-state index contributed by atoms with van der Waals surface area (Å²) in [5, 5.41) is 0. The molecule has 0 atom stereocenters. The molecule has 1 aliphatic rings. The number of amides is 1. The molecule has 8 heteroatoms. The van der Waals surface area contributed by atoms with Crippen molar-refractivity contribution in [1.82, 2.24) is 18.9 Å². The standard InChI is InChI=1S/C19H26F2N4O2/c1-2-8-24-15-5-3-4-6-16(15)25(19(24)27)9-7-18(26)23-12-10-22(11-13-23)14-17(20)21/h3-6,17H,2,7-14H2,1H3. The van der Waals surface area contributed by atoms with E-state index in [2.05, 4.69) is 0 Å². The Morgan fingerprint density at radius 3 is 2.19 bits per heavy atom. The van der Waals surface area contributed by atoms with Crippen LogP contribution in [0.15, 0.2) is 29.1 Å². The molecule has 1 aromatic heterocycles. The third kappa shape index (κ3) is 4.37. The van der Waals surface area contributed by atoms with E-state index in [4.69, 9.17) is 0 Å². The van der Waals surface area contributed by atoms with E-state index in [0.29, 0.717) is 39.3 Å². The van der Waals surface area contributed by atoms with Crippen LogP contribution in [0.1, 0.15) is 19.8 Å². The van der Waals surface area contributed by atoms with E-state index in [-0.39, 0.29) is 24.6 Å². The molecule has 0 N–H and O–H groups in total. The molecule has 6 nitrogen and oxygen atoms in total. The molecule has 27 heavy (non-hydrogen) atoms. The Hall–Kier alpha value is -2.22. The van der Waals surface area contributed by atoms with E-state index in [0.717, 1.165) is 17.5 Å². The first-order valence-corrected chi connectivity index (χ1v) is 9.47. The Morgan fingerprint density at radius 2 is 1.63 bits per heavy atom. The summed E-state index contributed by atoms with van der Waals surface area (Å²) in [6.07, 6.45) is -1.26. The number of hydrogen-bond donors (Lipinski definition) is 0. The predicted octanol–water partition coefficient (Wildman–Crippen LogP) is 2.01. The fourth-order valence-corrected chi connectivity index (χ4v) is 3.67. The van der Waals surface area contributed by atoms with Gasteiger partial charge in [0.15, 0.2) is 0 Å². The zero-order chi connectivity index (χ0) is 19.4. The minimum Gasteiger partial charge on any atom is -0.340 e. The molecule has 0 saturated carbocycles. The number of nitrogens with zero attached hydrogens (tertiary/aromatic N) is 4. The van der Waals surface area contributed by atoms with Gasteiger partial charge in [0, 0.05) is 45.7 Å². The smallest absolute Gasteiger partial charge is 0.329 e. The molecule has 1 amide bonds. The average Bonchev–Trinajstić information content (AvgIpc) is 2.92. The van der Waals surface area contributed by atoms with Crippen LogP contribution >= 0.6 is 0 Å². The van der Waals surface area contributed by atoms with Crippen LogP contribution in [0.5, 0.6) is 0 Å². The second kappa shape index (κ2) is 8.65. The van der Waals surface area contributed by atoms with Crippen molar-refractivity contribution >= 4 is 16.9 Å². The fourth-order valence-electron chi connectivity index (χ4n) is 3.67. The number of rotatable bonds is 7. The maximum Gasteiger partial charge on any atom is 0.329 e. The third-order valence-corrected chi connectivity index (χ3v) is 5.04. The van der Waals surface area contributed by atoms with Crippen molar-refractivity contribution in [2.24, 2.45) is 0 Å². The summed E-state index contributed by atoms with van der Waals surface area (Å²) in [4.78, 5) is 28.6. The number of fused-ring (bicyclic) bond motifs is 1. The lowest BCUT2D eigenvalue weighted by molar-refractivity contribution is -0.133. The Balaban J connectivity index is 1.65. The van der Waals surface area contributed by atoms with Gasteiger partial charge in [-0.1, -0.05) is 19.1 Å². The number of benzene rings is 1. The van der Waals surface area contributed by atoms with Gasteiger partial charge in [-0.15, -0.1) is 0 Å². The molecule has 0 aliphatic carbocycles. The number of aromatic nitrogens is 2. The number of carbonyl (C=O) groups excluding carboxylic acids is 1. The molecule has 1 aromatic carbocycles. The van der Waals surface area contributed by atoms with Gasteiger partial charge in [0.2, 0.25) is 5.91 Å². The summed E-state index contributed by atoms with van der Waals surface area (Å²) in [7, 11) is 0. The van der Waals surface area contributed by atoms with Gasteiger partial charge in [0.05, 0.1) is 17.6 Å². The van der Waals surface area contributed by atoms with Crippen molar-refractivity contribution in [3.63, 3.8) is 0 Å². The highest BCUT2D eigenvalue weighted by atomic mass is 19.3. The molecule has 0 radical (unpaired) electrons. The monoisotopic (exact) mass is 380 g/mol. The van der Waals surface area contributed by atoms with Crippen molar-refractivity contribution in [2.45, 2.75) is 39.3 Å².